The maximum Gasteiger partial charge on any atom is 0.309 e. The summed E-state index contributed by atoms with van der Waals surface area (Å²) in [7, 11) is 0. The van der Waals surface area contributed by atoms with Crippen molar-refractivity contribution in [3.63, 3.8) is 0 Å². The lowest BCUT2D eigenvalue weighted by Gasteiger charge is -2.08. The maximum absolute atomic E-state index is 12.7. The maximum atomic E-state index is 12.7. The van der Waals surface area contributed by atoms with Crippen LogP contribution in [0.4, 0.5) is 0 Å². The van der Waals surface area contributed by atoms with Crippen molar-refractivity contribution in [1.29, 1.82) is 0 Å². The van der Waals surface area contributed by atoms with Gasteiger partial charge < -0.3 is 9.52 Å². The molecule has 0 unspecified atom stereocenters. The summed E-state index contributed by atoms with van der Waals surface area (Å²) >= 11 is 0. The van der Waals surface area contributed by atoms with E-state index in [-0.39, 0.29) is 18.5 Å². The number of carbonyl (C=O) groups is 1. The van der Waals surface area contributed by atoms with E-state index in [1.54, 1.807) is 30.3 Å². The standard InChI is InChI=1S/C18H13N3O4/c22-17(23)9-14-11-5-1-2-6-12(11)18(24)21(20-14)10-16-19-13-7-3-4-8-15(13)25-16/h1-8H,9-10H2,(H,22,23). The van der Waals surface area contributed by atoms with Crippen LogP contribution in [0, 0.1) is 0 Å². The molecule has 0 bridgehead atoms. The van der Waals surface area contributed by atoms with Gasteiger partial charge in [0.2, 0.25) is 5.89 Å². The molecule has 0 aliphatic carbocycles. The first-order chi connectivity index (χ1) is 12.1. The van der Waals surface area contributed by atoms with Crippen LogP contribution in [-0.2, 0) is 17.8 Å². The lowest BCUT2D eigenvalue weighted by atomic mass is 10.1. The molecular weight excluding hydrogens is 322 g/mol. The molecule has 7 heteroatoms. The van der Waals surface area contributed by atoms with Gasteiger partial charge in [-0.05, 0) is 18.2 Å². The van der Waals surface area contributed by atoms with Crippen molar-refractivity contribution in [1.82, 2.24) is 14.8 Å². The number of fused-ring (bicyclic) bond motifs is 2. The third-order valence-electron chi connectivity index (χ3n) is 3.89. The van der Waals surface area contributed by atoms with Crippen molar-refractivity contribution < 1.29 is 14.3 Å². The van der Waals surface area contributed by atoms with Gasteiger partial charge >= 0.3 is 5.97 Å². The van der Waals surface area contributed by atoms with Crippen molar-refractivity contribution in [3.05, 3.63) is 70.5 Å². The fourth-order valence-electron chi connectivity index (χ4n) is 2.80. The van der Waals surface area contributed by atoms with Crippen LogP contribution >= 0.6 is 0 Å². The molecule has 0 saturated heterocycles. The van der Waals surface area contributed by atoms with Gasteiger partial charge in [-0.1, -0.05) is 30.3 Å². The van der Waals surface area contributed by atoms with E-state index in [9.17, 15) is 9.59 Å². The largest absolute Gasteiger partial charge is 0.481 e. The van der Waals surface area contributed by atoms with Gasteiger partial charge in [0.15, 0.2) is 5.58 Å². The van der Waals surface area contributed by atoms with Crippen molar-refractivity contribution in [3.8, 4) is 0 Å². The summed E-state index contributed by atoms with van der Waals surface area (Å²) in [5.74, 6) is -0.669. The Morgan fingerprint density at radius 3 is 2.56 bits per heavy atom. The molecular formula is C18H13N3O4. The summed E-state index contributed by atoms with van der Waals surface area (Å²) < 4.78 is 6.83. The summed E-state index contributed by atoms with van der Waals surface area (Å²) in [4.78, 5) is 28.1. The normalized spacial score (nSPS) is 11.2. The number of carboxylic acid groups (broad SMARTS) is 1. The molecule has 0 radical (unpaired) electrons. The number of nitrogens with zero attached hydrogens (tertiary/aromatic N) is 3. The molecule has 7 nitrogen and oxygen atoms in total. The van der Waals surface area contributed by atoms with Crippen LogP contribution in [-0.4, -0.2) is 25.8 Å². The number of hydrogen-bond acceptors (Lipinski definition) is 5. The highest BCUT2D eigenvalue weighted by atomic mass is 16.4. The SMILES string of the molecule is O=C(O)Cc1nn(Cc2nc3ccccc3o2)c(=O)c2ccccc12. The highest BCUT2D eigenvalue weighted by Gasteiger charge is 2.15. The molecule has 2 aromatic heterocycles. The summed E-state index contributed by atoms with van der Waals surface area (Å²) in [6, 6.07) is 14.1. The summed E-state index contributed by atoms with van der Waals surface area (Å²) in [5.41, 5.74) is 1.33. The second-order valence-corrected chi connectivity index (χ2v) is 5.60. The van der Waals surface area contributed by atoms with Crippen molar-refractivity contribution in [2.75, 3.05) is 0 Å². The van der Waals surface area contributed by atoms with Crippen LogP contribution < -0.4 is 5.56 Å². The predicted octanol–water partition coefficient (Wildman–Crippen LogP) is 2.21. The van der Waals surface area contributed by atoms with Crippen LogP contribution in [0.3, 0.4) is 0 Å². The Labute approximate surface area is 141 Å². The third kappa shape index (κ3) is 2.76. The van der Waals surface area contributed by atoms with E-state index >= 15 is 0 Å². The number of oxazole rings is 1. The lowest BCUT2D eigenvalue weighted by molar-refractivity contribution is -0.136. The molecule has 2 aromatic carbocycles. The average Bonchev–Trinajstić information content (AvgIpc) is 3.01. The van der Waals surface area contributed by atoms with Gasteiger partial charge in [0.25, 0.3) is 5.56 Å². The molecule has 4 aromatic rings. The van der Waals surface area contributed by atoms with E-state index in [4.69, 9.17) is 9.52 Å². The van der Waals surface area contributed by atoms with Gasteiger partial charge in [-0.15, -0.1) is 0 Å². The minimum absolute atomic E-state index is 0.0327. The second-order valence-electron chi connectivity index (χ2n) is 5.60. The fourth-order valence-corrected chi connectivity index (χ4v) is 2.80. The van der Waals surface area contributed by atoms with E-state index in [2.05, 4.69) is 10.1 Å². The van der Waals surface area contributed by atoms with Gasteiger partial charge in [-0.3, -0.25) is 9.59 Å². The van der Waals surface area contributed by atoms with Crippen LogP contribution in [0.25, 0.3) is 21.9 Å². The molecule has 0 saturated carbocycles. The Balaban J connectivity index is 1.84. The molecule has 4 rings (SSSR count). The average molecular weight is 335 g/mol. The predicted molar refractivity (Wildman–Crippen MR) is 90.5 cm³/mol. The summed E-state index contributed by atoms with van der Waals surface area (Å²) in [6.07, 6.45) is -0.269. The number of aromatic nitrogens is 3. The Kier molecular flexibility index (Phi) is 3.53. The van der Waals surface area contributed by atoms with Gasteiger partial charge in [-0.25, -0.2) is 9.67 Å². The van der Waals surface area contributed by atoms with Gasteiger partial charge in [0.05, 0.1) is 17.5 Å². The number of carboxylic acids is 1. The Morgan fingerprint density at radius 1 is 1.08 bits per heavy atom. The van der Waals surface area contributed by atoms with Crippen LogP contribution in [0.5, 0.6) is 0 Å². The first kappa shape index (κ1) is 15.1. The Hall–Kier alpha value is -3.48. The van der Waals surface area contributed by atoms with Crippen molar-refractivity contribution in [2.45, 2.75) is 13.0 Å². The summed E-state index contributed by atoms with van der Waals surface area (Å²) in [5, 5.41) is 14.3. The van der Waals surface area contributed by atoms with E-state index in [0.29, 0.717) is 33.5 Å². The highest BCUT2D eigenvalue weighted by molar-refractivity contribution is 5.86. The number of aliphatic carboxylic acids is 1. The van der Waals surface area contributed by atoms with E-state index in [1.807, 2.05) is 18.2 Å². The van der Waals surface area contributed by atoms with E-state index in [1.165, 1.54) is 4.68 Å². The Bertz CT molecular complexity index is 1130. The third-order valence-corrected chi connectivity index (χ3v) is 3.89. The zero-order valence-electron chi connectivity index (χ0n) is 13.0. The molecule has 1 N–H and O–H groups in total. The molecule has 0 amide bonds. The van der Waals surface area contributed by atoms with E-state index < -0.39 is 5.97 Å². The van der Waals surface area contributed by atoms with Gasteiger partial charge in [0.1, 0.15) is 12.1 Å². The Morgan fingerprint density at radius 2 is 1.80 bits per heavy atom. The van der Waals surface area contributed by atoms with Crippen LogP contribution in [0.15, 0.2) is 57.7 Å². The van der Waals surface area contributed by atoms with Crippen LogP contribution in [0.2, 0.25) is 0 Å². The molecule has 0 fully saturated rings. The number of para-hydroxylation sites is 2. The molecule has 2 heterocycles. The summed E-state index contributed by atoms with van der Waals surface area (Å²) in [6.45, 7) is 0.0327. The smallest absolute Gasteiger partial charge is 0.309 e. The van der Waals surface area contributed by atoms with E-state index in [0.717, 1.165) is 0 Å². The fraction of sp³-hybridized carbons (Fsp3) is 0.111. The quantitative estimate of drug-likeness (QED) is 0.614. The monoisotopic (exact) mass is 335 g/mol. The van der Waals surface area contributed by atoms with Crippen molar-refractivity contribution >= 4 is 27.8 Å². The molecule has 0 aliphatic rings. The second kappa shape index (κ2) is 5.86. The number of rotatable bonds is 4. The van der Waals surface area contributed by atoms with Gasteiger partial charge in [-0.2, -0.15) is 5.10 Å². The number of hydrogen-bond donors (Lipinski definition) is 1. The van der Waals surface area contributed by atoms with Crippen molar-refractivity contribution in [2.24, 2.45) is 0 Å². The topological polar surface area (TPSA) is 98.2 Å². The molecule has 25 heavy (non-hydrogen) atoms. The minimum atomic E-state index is -1.01. The first-order valence-corrected chi connectivity index (χ1v) is 7.67. The van der Waals surface area contributed by atoms with Gasteiger partial charge in [0, 0.05) is 5.39 Å². The first-order valence-electron chi connectivity index (χ1n) is 7.67. The zero-order chi connectivity index (χ0) is 17.4. The molecule has 124 valence electrons. The minimum Gasteiger partial charge on any atom is -0.481 e. The molecule has 0 spiro atoms. The molecule has 0 aliphatic heterocycles. The molecule has 0 atom stereocenters. The van der Waals surface area contributed by atoms with Crippen LogP contribution in [0.1, 0.15) is 11.6 Å². The lowest BCUT2D eigenvalue weighted by Crippen LogP contribution is -2.26. The zero-order valence-corrected chi connectivity index (χ0v) is 13.0. The highest BCUT2D eigenvalue weighted by Crippen LogP contribution is 2.17. The number of benzene rings is 2.